The number of rotatable bonds is 10. The average molecular weight is 766 g/mol. The SMILES string of the molecule is CCCCCCCCC1(C)c2cc(B3OC(C)(C)C(C)(C)O3)ccc2-c2cc3c4cc(B5OC(C)(C)C(C)(C)O5)ccc4n(-c4ccc(C(C)(C)C)cc4)c3cc21. The van der Waals surface area contributed by atoms with E-state index in [1.54, 1.807) is 0 Å². The van der Waals surface area contributed by atoms with Crippen LogP contribution in [0.2, 0.25) is 0 Å². The highest BCUT2D eigenvalue weighted by molar-refractivity contribution is 6.62. The lowest BCUT2D eigenvalue weighted by Crippen LogP contribution is -2.41. The van der Waals surface area contributed by atoms with Gasteiger partial charge in [0.1, 0.15) is 0 Å². The fourth-order valence-electron chi connectivity index (χ4n) is 9.33. The standard InChI is InChI=1S/C50H65B2NO4/c1-14-15-16-17-18-19-28-50(13)41-30-35(52-56-48(9,10)49(11,12)57-52)22-26-37(41)38-31-40-39-29-34(51-54-46(5,6)47(7,8)55-51)23-27-43(39)53(44(40)32-42(38)50)36-24-20-33(21-25-36)45(2,3)4/h20-27,29-32H,14-19,28H2,1-13H3. The van der Waals surface area contributed by atoms with E-state index in [4.69, 9.17) is 18.6 Å². The van der Waals surface area contributed by atoms with E-state index in [1.807, 2.05) is 0 Å². The molecule has 1 atom stereocenters. The van der Waals surface area contributed by atoms with Gasteiger partial charge in [-0.15, -0.1) is 0 Å². The van der Waals surface area contributed by atoms with Crippen LogP contribution in [0.5, 0.6) is 0 Å². The summed E-state index contributed by atoms with van der Waals surface area (Å²) < 4.78 is 28.9. The van der Waals surface area contributed by atoms with Crippen LogP contribution in [0.15, 0.2) is 72.8 Å². The Morgan fingerprint density at radius 2 is 1.04 bits per heavy atom. The molecule has 1 aliphatic carbocycles. The monoisotopic (exact) mass is 766 g/mol. The summed E-state index contributed by atoms with van der Waals surface area (Å²) in [6.45, 7) is 28.7. The van der Waals surface area contributed by atoms with E-state index in [1.165, 1.54) is 93.8 Å². The highest BCUT2D eigenvalue weighted by Gasteiger charge is 2.53. The predicted octanol–water partition coefficient (Wildman–Crippen LogP) is 11.7. The zero-order chi connectivity index (χ0) is 40.9. The second kappa shape index (κ2) is 13.9. The molecule has 2 saturated heterocycles. The average Bonchev–Trinajstić information content (AvgIpc) is 3.75. The first-order chi connectivity index (χ1) is 26.7. The molecule has 5 nitrogen and oxygen atoms in total. The Kier molecular flexibility index (Phi) is 9.83. The Bertz CT molecular complexity index is 2300. The van der Waals surface area contributed by atoms with Crippen LogP contribution >= 0.6 is 0 Å². The van der Waals surface area contributed by atoms with Gasteiger partial charge in [0.05, 0.1) is 33.4 Å². The molecule has 3 heterocycles. The van der Waals surface area contributed by atoms with Crippen molar-refractivity contribution in [2.45, 2.75) is 168 Å². The summed E-state index contributed by atoms with van der Waals surface area (Å²) >= 11 is 0. The second-order valence-electron chi connectivity index (χ2n) is 20.7. The third kappa shape index (κ3) is 6.73. The van der Waals surface area contributed by atoms with Gasteiger partial charge in [-0.1, -0.05) is 116 Å². The van der Waals surface area contributed by atoms with Gasteiger partial charge in [0, 0.05) is 21.9 Å². The summed E-state index contributed by atoms with van der Waals surface area (Å²) in [5, 5.41) is 2.45. The fourth-order valence-corrected chi connectivity index (χ4v) is 9.33. The Morgan fingerprint density at radius 3 is 1.61 bits per heavy atom. The minimum absolute atomic E-state index is 0.0704. The third-order valence-electron chi connectivity index (χ3n) is 14.5. The molecule has 8 rings (SSSR count). The summed E-state index contributed by atoms with van der Waals surface area (Å²) in [6, 6.07) is 28.0. The number of hydrogen-bond acceptors (Lipinski definition) is 4. The summed E-state index contributed by atoms with van der Waals surface area (Å²) in [6.07, 6.45) is 8.71. The number of aromatic nitrogens is 1. The molecule has 2 aliphatic heterocycles. The van der Waals surface area contributed by atoms with E-state index in [9.17, 15) is 0 Å². The van der Waals surface area contributed by atoms with Gasteiger partial charge in [0.25, 0.3) is 0 Å². The molecule has 1 aromatic heterocycles. The highest BCUT2D eigenvalue weighted by Crippen LogP contribution is 2.53. The molecule has 2 fully saturated rings. The molecule has 0 amide bonds. The molecule has 57 heavy (non-hydrogen) atoms. The number of benzene rings is 4. The maximum absolute atomic E-state index is 6.62. The zero-order valence-corrected chi connectivity index (χ0v) is 37.1. The van der Waals surface area contributed by atoms with Gasteiger partial charge in [-0.25, -0.2) is 0 Å². The lowest BCUT2D eigenvalue weighted by molar-refractivity contribution is 0.00578. The Hall–Kier alpha value is -3.35. The summed E-state index contributed by atoms with van der Waals surface area (Å²) in [7, 11) is -0.841. The first-order valence-electron chi connectivity index (χ1n) is 21.8. The van der Waals surface area contributed by atoms with Gasteiger partial charge < -0.3 is 23.2 Å². The van der Waals surface area contributed by atoms with Crippen molar-refractivity contribution in [1.29, 1.82) is 0 Å². The van der Waals surface area contributed by atoms with E-state index in [-0.39, 0.29) is 10.8 Å². The molecule has 0 radical (unpaired) electrons. The molecule has 0 N–H and O–H groups in total. The lowest BCUT2D eigenvalue weighted by Gasteiger charge is -2.32. The summed E-state index contributed by atoms with van der Waals surface area (Å²) in [4.78, 5) is 0. The Balaban J connectivity index is 1.31. The van der Waals surface area contributed by atoms with Crippen molar-refractivity contribution >= 4 is 47.0 Å². The van der Waals surface area contributed by atoms with E-state index in [0.29, 0.717) is 0 Å². The van der Waals surface area contributed by atoms with Crippen LogP contribution in [0.3, 0.4) is 0 Å². The molecule has 4 aromatic carbocycles. The molecule has 7 heteroatoms. The Morgan fingerprint density at radius 1 is 0.526 bits per heavy atom. The molecular formula is C50H65B2NO4. The minimum Gasteiger partial charge on any atom is -0.399 e. The second-order valence-corrected chi connectivity index (χ2v) is 20.7. The first kappa shape index (κ1) is 40.4. The number of fused-ring (bicyclic) bond motifs is 6. The van der Waals surface area contributed by atoms with Crippen LogP contribution in [-0.4, -0.2) is 41.2 Å². The van der Waals surface area contributed by atoms with E-state index in [2.05, 4.69) is 167 Å². The normalized spacial score (nSPS) is 21.8. The number of hydrogen-bond donors (Lipinski definition) is 0. The van der Waals surface area contributed by atoms with Crippen LogP contribution in [-0.2, 0) is 29.4 Å². The maximum Gasteiger partial charge on any atom is 0.494 e. The Labute approximate surface area is 343 Å². The predicted molar refractivity (Wildman–Crippen MR) is 241 cm³/mol. The molecule has 3 aliphatic rings. The van der Waals surface area contributed by atoms with Gasteiger partial charge in [-0.2, -0.15) is 0 Å². The van der Waals surface area contributed by atoms with Crippen molar-refractivity contribution in [3.05, 3.63) is 89.5 Å². The third-order valence-corrected chi connectivity index (χ3v) is 14.5. The van der Waals surface area contributed by atoms with Crippen LogP contribution < -0.4 is 10.9 Å². The maximum atomic E-state index is 6.62. The summed E-state index contributed by atoms with van der Waals surface area (Å²) in [5.74, 6) is 0. The van der Waals surface area contributed by atoms with E-state index >= 15 is 0 Å². The fraction of sp³-hybridized carbons (Fsp3) is 0.520. The van der Waals surface area contributed by atoms with Gasteiger partial charge >= 0.3 is 14.2 Å². The number of unbranched alkanes of at least 4 members (excludes halogenated alkanes) is 5. The highest BCUT2D eigenvalue weighted by atomic mass is 16.7. The molecule has 300 valence electrons. The minimum atomic E-state index is -0.437. The first-order valence-corrected chi connectivity index (χ1v) is 21.8. The molecule has 5 aromatic rings. The zero-order valence-electron chi connectivity index (χ0n) is 37.1. The van der Waals surface area contributed by atoms with Crippen LogP contribution in [0.4, 0.5) is 0 Å². The quantitative estimate of drug-likeness (QED) is 0.105. The van der Waals surface area contributed by atoms with Crippen molar-refractivity contribution in [2.75, 3.05) is 0 Å². The van der Waals surface area contributed by atoms with Crippen molar-refractivity contribution < 1.29 is 18.6 Å². The molecule has 0 saturated carbocycles. The van der Waals surface area contributed by atoms with Gasteiger partial charge in [-0.3, -0.25) is 0 Å². The van der Waals surface area contributed by atoms with Gasteiger partial charge in [0.15, 0.2) is 0 Å². The van der Waals surface area contributed by atoms with Crippen molar-refractivity contribution in [3.8, 4) is 16.8 Å². The number of nitrogens with zero attached hydrogens (tertiary/aromatic N) is 1. The largest absolute Gasteiger partial charge is 0.494 e. The topological polar surface area (TPSA) is 41.9 Å². The van der Waals surface area contributed by atoms with Crippen LogP contribution in [0.25, 0.3) is 38.6 Å². The van der Waals surface area contributed by atoms with E-state index < -0.39 is 36.6 Å². The van der Waals surface area contributed by atoms with Crippen molar-refractivity contribution in [1.82, 2.24) is 4.57 Å². The molecule has 0 spiro atoms. The van der Waals surface area contributed by atoms with Gasteiger partial charge in [0.2, 0.25) is 0 Å². The van der Waals surface area contributed by atoms with Crippen molar-refractivity contribution in [3.63, 3.8) is 0 Å². The van der Waals surface area contributed by atoms with Crippen molar-refractivity contribution in [2.24, 2.45) is 0 Å². The van der Waals surface area contributed by atoms with Gasteiger partial charge in [-0.05, 0) is 136 Å². The molecular weight excluding hydrogens is 700 g/mol. The van der Waals surface area contributed by atoms with Crippen LogP contribution in [0.1, 0.15) is 152 Å². The summed E-state index contributed by atoms with van der Waals surface area (Å²) in [5.41, 5.74) is 10.8. The van der Waals surface area contributed by atoms with Crippen LogP contribution in [0, 0.1) is 0 Å². The lowest BCUT2D eigenvalue weighted by atomic mass is 9.72. The smallest absolute Gasteiger partial charge is 0.399 e. The molecule has 0 bridgehead atoms. The molecule has 1 unspecified atom stereocenters. The van der Waals surface area contributed by atoms with E-state index in [0.717, 1.165) is 17.3 Å².